The Kier molecular flexibility index (Phi) is 10.1. The highest BCUT2D eigenvalue weighted by Gasteiger charge is 2.18. The summed E-state index contributed by atoms with van der Waals surface area (Å²) in [6.45, 7) is 0. The highest BCUT2D eigenvalue weighted by Crippen LogP contribution is 2.42. The second-order valence-corrected chi connectivity index (χ2v) is 17.7. The molecule has 4 heteroatoms. The Hall–Kier alpha value is -9.38. The summed E-state index contributed by atoms with van der Waals surface area (Å²) >= 11 is 0. The van der Waals surface area contributed by atoms with Gasteiger partial charge in [0.25, 0.3) is 0 Å². The molecule has 0 radical (unpaired) electrons. The minimum atomic E-state index is 0.905. The molecule has 0 aliphatic carbocycles. The van der Waals surface area contributed by atoms with Crippen LogP contribution >= 0.6 is 0 Å². The van der Waals surface area contributed by atoms with Gasteiger partial charge >= 0.3 is 0 Å². The molecule has 13 rings (SSSR count). The zero-order chi connectivity index (χ0) is 46.4. The van der Waals surface area contributed by atoms with Crippen LogP contribution in [0.2, 0.25) is 0 Å². The largest absolute Gasteiger partial charge is 0.455 e. The van der Waals surface area contributed by atoms with Gasteiger partial charge in [-0.05, 0) is 118 Å². The fourth-order valence-corrected chi connectivity index (χ4v) is 10.0. The number of hydrogen-bond acceptors (Lipinski definition) is 4. The number of hydrogen-bond donors (Lipinski definition) is 0. The van der Waals surface area contributed by atoms with E-state index in [2.05, 4.69) is 252 Å². The van der Waals surface area contributed by atoms with E-state index >= 15 is 0 Å². The Balaban J connectivity index is 0.749. The second kappa shape index (κ2) is 17.4. The lowest BCUT2D eigenvalue weighted by molar-refractivity contribution is 0.669. The van der Waals surface area contributed by atoms with Gasteiger partial charge in [-0.25, -0.2) is 0 Å². The third kappa shape index (κ3) is 7.36. The van der Waals surface area contributed by atoms with Crippen LogP contribution in [0.1, 0.15) is 0 Å². The van der Waals surface area contributed by atoms with E-state index in [9.17, 15) is 0 Å². The molecule has 0 saturated carbocycles. The average Bonchev–Trinajstić information content (AvgIpc) is 4.02. The van der Waals surface area contributed by atoms with E-state index in [0.717, 1.165) is 123 Å². The molecule has 0 amide bonds. The van der Waals surface area contributed by atoms with E-state index in [1.807, 2.05) is 24.3 Å². The zero-order valence-electron chi connectivity index (χ0n) is 38.1. The predicted molar refractivity (Wildman–Crippen MR) is 292 cm³/mol. The van der Waals surface area contributed by atoms with Gasteiger partial charge in [0.1, 0.15) is 22.3 Å². The van der Waals surface area contributed by atoms with E-state index in [4.69, 9.17) is 8.83 Å². The van der Waals surface area contributed by atoms with Crippen molar-refractivity contribution in [1.82, 2.24) is 0 Å². The van der Waals surface area contributed by atoms with Gasteiger partial charge in [-0.2, -0.15) is 0 Å². The van der Waals surface area contributed by atoms with Gasteiger partial charge in [-0.1, -0.05) is 182 Å². The van der Waals surface area contributed by atoms with Crippen molar-refractivity contribution in [2.24, 2.45) is 0 Å². The summed E-state index contributed by atoms with van der Waals surface area (Å²) in [6.07, 6.45) is 0. The van der Waals surface area contributed by atoms with Gasteiger partial charge in [-0.15, -0.1) is 0 Å². The molecule has 0 aliphatic rings. The topological polar surface area (TPSA) is 32.8 Å². The SMILES string of the molecule is c1ccc(N(c2ccc(-c3ccc(-c4ccc(N(c5ccccc5)c5ccc(-c6cccc7c6oc6ccccc67)cc5)cc4)cc3)cc2)c2ccc(-c3cccc4c3oc3ccccc34)cc2)cc1. The summed E-state index contributed by atoms with van der Waals surface area (Å²) in [4.78, 5) is 4.61. The fourth-order valence-electron chi connectivity index (χ4n) is 10.0. The van der Waals surface area contributed by atoms with Crippen molar-refractivity contribution in [2.75, 3.05) is 9.80 Å². The van der Waals surface area contributed by atoms with E-state index < -0.39 is 0 Å². The fraction of sp³-hybridized carbons (Fsp3) is 0. The maximum atomic E-state index is 6.38. The lowest BCUT2D eigenvalue weighted by Gasteiger charge is -2.26. The molecule has 0 atom stereocenters. The molecule has 330 valence electrons. The molecule has 2 heterocycles. The first kappa shape index (κ1) is 40.9. The molecule has 0 bridgehead atoms. The number of benzene rings is 11. The molecule has 2 aromatic heterocycles. The Bertz CT molecular complexity index is 3690. The monoisotopic (exact) mass is 896 g/mol. The molecule has 4 nitrogen and oxygen atoms in total. The number of fused-ring (bicyclic) bond motifs is 6. The van der Waals surface area contributed by atoms with Gasteiger partial charge < -0.3 is 18.6 Å². The quantitative estimate of drug-likeness (QED) is 0.137. The highest BCUT2D eigenvalue weighted by atomic mass is 16.3. The molecular weight excluding hydrogens is 853 g/mol. The number of anilines is 6. The standard InChI is InChI=1S/C66H44N2O2/c1-3-13-51(14-4-1)67(55-41-33-49(34-42-55)57-19-11-21-61-59-17-7-9-23-63(59)69-65(57)61)53-37-29-47(30-38-53)45-25-27-46(28-26-45)48-31-39-54(40-32-48)68(52-15-5-2-6-16-52)56-43-35-50(36-44-56)58-20-12-22-62-60-18-8-10-24-64(60)70-66(58)62/h1-44H. The molecule has 70 heavy (non-hydrogen) atoms. The lowest BCUT2D eigenvalue weighted by Crippen LogP contribution is -2.09. The average molecular weight is 897 g/mol. The number of rotatable bonds is 10. The molecule has 11 aromatic carbocycles. The van der Waals surface area contributed by atoms with Crippen LogP contribution in [0.25, 0.3) is 88.4 Å². The first-order valence-electron chi connectivity index (χ1n) is 23.7. The molecule has 0 spiro atoms. The van der Waals surface area contributed by atoms with Crippen molar-refractivity contribution in [3.63, 3.8) is 0 Å². The van der Waals surface area contributed by atoms with Crippen molar-refractivity contribution in [1.29, 1.82) is 0 Å². The highest BCUT2D eigenvalue weighted by molar-refractivity contribution is 6.10. The van der Waals surface area contributed by atoms with Crippen molar-refractivity contribution >= 4 is 78.0 Å². The van der Waals surface area contributed by atoms with Crippen molar-refractivity contribution < 1.29 is 8.83 Å². The van der Waals surface area contributed by atoms with Crippen LogP contribution in [0, 0.1) is 0 Å². The van der Waals surface area contributed by atoms with Crippen molar-refractivity contribution in [3.05, 3.63) is 267 Å². The Labute approximate surface area is 406 Å². The minimum Gasteiger partial charge on any atom is -0.455 e. The smallest absolute Gasteiger partial charge is 0.143 e. The van der Waals surface area contributed by atoms with Crippen molar-refractivity contribution in [3.8, 4) is 44.5 Å². The van der Waals surface area contributed by atoms with Gasteiger partial charge in [0.05, 0.1) is 0 Å². The van der Waals surface area contributed by atoms with Crippen molar-refractivity contribution in [2.45, 2.75) is 0 Å². The van der Waals surface area contributed by atoms with Gasteiger partial charge in [0.2, 0.25) is 0 Å². The summed E-state index contributed by atoms with van der Waals surface area (Å²) in [7, 11) is 0. The molecular formula is C66H44N2O2. The van der Waals surface area contributed by atoms with E-state index in [-0.39, 0.29) is 0 Å². The number of para-hydroxylation sites is 6. The number of furan rings is 2. The summed E-state index contributed by atoms with van der Waals surface area (Å²) < 4.78 is 12.8. The molecule has 0 N–H and O–H groups in total. The third-order valence-electron chi connectivity index (χ3n) is 13.5. The maximum absolute atomic E-state index is 6.38. The first-order valence-corrected chi connectivity index (χ1v) is 23.7. The van der Waals surface area contributed by atoms with Gasteiger partial charge in [0.15, 0.2) is 0 Å². The summed E-state index contributed by atoms with van der Waals surface area (Å²) in [5, 5.41) is 4.53. The molecule has 0 unspecified atom stereocenters. The molecule has 0 aliphatic heterocycles. The van der Waals surface area contributed by atoms with E-state index in [0.29, 0.717) is 0 Å². The summed E-state index contributed by atoms with van der Waals surface area (Å²) in [6, 6.07) is 94.6. The molecule has 0 fully saturated rings. The van der Waals surface area contributed by atoms with Crippen LogP contribution in [-0.4, -0.2) is 0 Å². The van der Waals surface area contributed by atoms with Crippen LogP contribution < -0.4 is 9.80 Å². The third-order valence-corrected chi connectivity index (χ3v) is 13.5. The Morgan fingerprint density at radius 3 is 0.829 bits per heavy atom. The Morgan fingerprint density at radius 1 is 0.200 bits per heavy atom. The van der Waals surface area contributed by atoms with Crippen LogP contribution in [0.4, 0.5) is 34.1 Å². The molecule has 13 aromatic rings. The van der Waals surface area contributed by atoms with E-state index in [1.54, 1.807) is 0 Å². The zero-order valence-corrected chi connectivity index (χ0v) is 38.1. The predicted octanol–water partition coefficient (Wildman–Crippen LogP) is 19.1. The maximum Gasteiger partial charge on any atom is 0.143 e. The van der Waals surface area contributed by atoms with Gasteiger partial charge in [0, 0.05) is 66.8 Å². The van der Waals surface area contributed by atoms with E-state index in [1.165, 1.54) is 0 Å². The lowest BCUT2D eigenvalue weighted by atomic mass is 9.99. The summed E-state index contributed by atoms with van der Waals surface area (Å²) in [5.41, 5.74) is 19.2. The van der Waals surface area contributed by atoms with Crippen LogP contribution in [0.3, 0.4) is 0 Å². The first-order chi connectivity index (χ1) is 34.7. The normalized spacial score (nSPS) is 11.4. The minimum absolute atomic E-state index is 0.905. The van der Waals surface area contributed by atoms with Gasteiger partial charge in [-0.3, -0.25) is 0 Å². The Morgan fingerprint density at radius 2 is 0.471 bits per heavy atom. The molecule has 0 saturated heterocycles. The number of nitrogens with zero attached hydrogens (tertiary/aromatic N) is 2. The van der Waals surface area contributed by atoms with Crippen LogP contribution in [0.5, 0.6) is 0 Å². The second-order valence-electron chi connectivity index (χ2n) is 17.7. The van der Waals surface area contributed by atoms with Crippen LogP contribution in [0.15, 0.2) is 276 Å². The summed E-state index contributed by atoms with van der Waals surface area (Å²) in [5.74, 6) is 0. The van der Waals surface area contributed by atoms with Crippen LogP contribution in [-0.2, 0) is 0 Å².